The van der Waals surface area contributed by atoms with Gasteiger partial charge in [-0.1, -0.05) is 6.07 Å². The first-order valence-corrected chi connectivity index (χ1v) is 12.4. The summed E-state index contributed by atoms with van der Waals surface area (Å²) in [5, 5.41) is 57.0. The summed E-state index contributed by atoms with van der Waals surface area (Å²) < 4.78 is 3.80. The van der Waals surface area contributed by atoms with Crippen molar-refractivity contribution in [2.24, 2.45) is 0 Å². The fraction of sp³-hybridized carbons (Fsp3) is 0.250. The number of fused-ring (bicyclic) bond motifs is 1. The predicted octanol–water partition coefficient (Wildman–Crippen LogP) is 1.93. The van der Waals surface area contributed by atoms with E-state index in [1.807, 2.05) is 0 Å². The van der Waals surface area contributed by atoms with Gasteiger partial charge < -0.3 is 36.2 Å². The summed E-state index contributed by atoms with van der Waals surface area (Å²) in [4.78, 5) is 37.7. The highest BCUT2D eigenvalue weighted by atomic mass is 32.1. The van der Waals surface area contributed by atoms with Crippen molar-refractivity contribution < 1.29 is 29.8 Å². The number of nitrogens with one attached hydrogen (secondary N) is 4. The first kappa shape index (κ1) is 27.4. The van der Waals surface area contributed by atoms with Crippen molar-refractivity contribution in [3.63, 3.8) is 0 Å². The summed E-state index contributed by atoms with van der Waals surface area (Å²) in [6.07, 6.45) is -0.652. The SMILES string of the molecule is CC(=O)Nc1cccc2c1CCN2C(=O)c1ccc(Nc2snc(O)c2C(=N)NCC(O)CO)cc1[N+](=O)[O-]. The lowest BCUT2D eigenvalue weighted by Crippen LogP contribution is -2.34. The maximum absolute atomic E-state index is 13.4. The molecule has 7 N–H and O–H groups in total. The average molecular weight is 556 g/mol. The number of amides is 2. The number of amidine groups is 1. The van der Waals surface area contributed by atoms with Crippen LogP contribution in [0.2, 0.25) is 0 Å². The van der Waals surface area contributed by atoms with Gasteiger partial charge in [0.05, 0.1) is 17.6 Å². The Morgan fingerprint density at radius 2 is 2.08 bits per heavy atom. The molecule has 15 heteroatoms. The zero-order chi connectivity index (χ0) is 28.3. The molecule has 14 nitrogen and oxygen atoms in total. The van der Waals surface area contributed by atoms with Crippen molar-refractivity contribution in [2.45, 2.75) is 19.4 Å². The van der Waals surface area contributed by atoms with Crippen LogP contribution >= 0.6 is 11.5 Å². The summed E-state index contributed by atoms with van der Waals surface area (Å²) in [5.41, 5.74) is 1.50. The molecular formula is C24H25N7O7S. The standard InChI is InChI=1S/C24H25N7O7S/c1-12(33)27-17-3-2-4-18-15(17)7-8-30(18)24(36)16-6-5-13(9-19(16)31(37)38)28-23-20(22(35)29-39-23)21(25)26-10-14(34)11-32/h2-6,9,14,28,32,34H,7-8,10-11H2,1H3,(H2,25,26)(H,27,33)(H,29,35). The summed E-state index contributed by atoms with van der Waals surface area (Å²) in [6.45, 7) is 0.991. The summed E-state index contributed by atoms with van der Waals surface area (Å²) in [5.74, 6) is -1.58. The van der Waals surface area contributed by atoms with Crippen molar-refractivity contribution in [1.29, 1.82) is 5.41 Å². The van der Waals surface area contributed by atoms with Gasteiger partial charge in [-0.2, -0.15) is 4.37 Å². The van der Waals surface area contributed by atoms with Gasteiger partial charge in [0, 0.05) is 48.7 Å². The van der Waals surface area contributed by atoms with Crippen LogP contribution in [0.4, 0.5) is 27.8 Å². The van der Waals surface area contributed by atoms with E-state index in [2.05, 4.69) is 20.3 Å². The Morgan fingerprint density at radius 3 is 2.77 bits per heavy atom. The number of nitrogens with zero attached hydrogens (tertiary/aromatic N) is 3. The van der Waals surface area contributed by atoms with Crippen LogP contribution in [0.5, 0.6) is 5.88 Å². The molecule has 1 aromatic heterocycles. The van der Waals surface area contributed by atoms with E-state index in [1.165, 1.54) is 30.0 Å². The Labute approximate surface area is 225 Å². The molecule has 3 aromatic rings. The highest BCUT2D eigenvalue weighted by molar-refractivity contribution is 7.11. The highest BCUT2D eigenvalue weighted by Crippen LogP contribution is 2.37. The molecule has 39 heavy (non-hydrogen) atoms. The van der Waals surface area contributed by atoms with E-state index < -0.39 is 35.1 Å². The number of hydrogen-bond donors (Lipinski definition) is 7. The molecule has 0 radical (unpaired) electrons. The van der Waals surface area contributed by atoms with E-state index in [-0.39, 0.29) is 46.6 Å². The highest BCUT2D eigenvalue weighted by Gasteiger charge is 2.32. The van der Waals surface area contributed by atoms with E-state index in [1.54, 1.807) is 18.2 Å². The molecule has 0 aliphatic carbocycles. The van der Waals surface area contributed by atoms with Crippen LogP contribution < -0.4 is 20.9 Å². The fourth-order valence-corrected chi connectivity index (χ4v) is 4.85. The Kier molecular flexibility index (Phi) is 8.04. The number of rotatable bonds is 9. The lowest BCUT2D eigenvalue weighted by Gasteiger charge is -2.18. The van der Waals surface area contributed by atoms with Gasteiger partial charge >= 0.3 is 0 Å². The molecule has 0 saturated heterocycles. The number of aromatic hydroxyl groups is 1. The third kappa shape index (κ3) is 5.79. The molecule has 4 rings (SSSR count). The van der Waals surface area contributed by atoms with Crippen molar-refractivity contribution in [3.05, 3.63) is 63.2 Å². The van der Waals surface area contributed by atoms with E-state index in [0.29, 0.717) is 17.8 Å². The quantitative estimate of drug-likeness (QED) is 0.0881. The Bertz CT molecular complexity index is 1460. The molecular weight excluding hydrogens is 530 g/mol. The van der Waals surface area contributed by atoms with E-state index in [4.69, 9.17) is 10.5 Å². The minimum absolute atomic E-state index is 0.0309. The number of hydrogen-bond acceptors (Lipinski definition) is 11. The van der Waals surface area contributed by atoms with Gasteiger partial charge in [0.2, 0.25) is 11.8 Å². The second-order valence-corrected chi connectivity index (χ2v) is 9.38. The number of anilines is 4. The number of aliphatic hydroxyl groups excluding tert-OH is 2. The number of carbonyl (C=O) groups excluding carboxylic acids is 2. The van der Waals surface area contributed by atoms with Crippen molar-refractivity contribution in [1.82, 2.24) is 9.69 Å². The Hall–Kier alpha value is -4.60. The first-order chi connectivity index (χ1) is 18.6. The normalized spacial score (nSPS) is 12.9. The first-order valence-electron chi connectivity index (χ1n) is 11.7. The van der Waals surface area contributed by atoms with E-state index >= 15 is 0 Å². The molecule has 1 atom stereocenters. The monoisotopic (exact) mass is 555 g/mol. The van der Waals surface area contributed by atoms with Crippen molar-refractivity contribution >= 4 is 56.9 Å². The van der Waals surface area contributed by atoms with E-state index in [0.717, 1.165) is 17.1 Å². The van der Waals surface area contributed by atoms with E-state index in [9.17, 15) is 29.9 Å². The molecule has 1 unspecified atom stereocenters. The maximum Gasteiger partial charge on any atom is 0.284 e. The van der Waals surface area contributed by atoms with Gasteiger partial charge in [0.1, 0.15) is 22.0 Å². The molecule has 1 aliphatic heterocycles. The number of benzene rings is 2. The van der Waals surface area contributed by atoms with Gasteiger partial charge in [0.15, 0.2) is 0 Å². The third-order valence-electron chi connectivity index (χ3n) is 5.92. The topological polar surface area (TPSA) is 214 Å². The fourth-order valence-electron chi connectivity index (χ4n) is 4.13. The molecule has 0 spiro atoms. The van der Waals surface area contributed by atoms with Gasteiger partial charge in [-0.15, -0.1) is 0 Å². The second-order valence-electron chi connectivity index (χ2n) is 8.61. The molecule has 2 aromatic carbocycles. The van der Waals surface area contributed by atoms with Gasteiger partial charge in [-0.25, -0.2) is 0 Å². The zero-order valence-electron chi connectivity index (χ0n) is 20.6. The van der Waals surface area contributed by atoms with Crippen LogP contribution in [0.15, 0.2) is 36.4 Å². The molecule has 2 heterocycles. The van der Waals surface area contributed by atoms with Crippen LogP contribution in [0.25, 0.3) is 0 Å². The van der Waals surface area contributed by atoms with Crippen molar-refractivity contribution in [2.75, 3.05) is 35.2 Å². The average Bonchev–Trinajstić information content (AvgIpc) is 3.50. The van der Waals surface area contributed by atoms with Crippen LogP contribution in [0.1, 0.15) is 28.4 Å². The smallest absolute Gasteiger partial charge is 0.284 e. The molecule has 204 valence electrons. The number of carbonyl (C=O) groups is 2. The summed E-state index contributed by atoms with van der Waals surface area (Å²) >= 11 is 0.803. The van der Waals surface area contributed by atoms with Gasteiger partial charge in [-0.3, -0.25) is 25.1 Å². The largest absolute Gasteiger partial charge is 0.492 e. The van der Waals surface area contributed by atoms with Gasteiger partial charge in [-0.05, 0) is 42.2 Å². The molecule has 2 amide bonds. The summed E-state index contributed by atoms with van der Waals surface area (Å²) in [7, 11) is 0. The third-order valence-corrected chi connectivity index (χ3v) is 6.67. The Morgan fingerprint density at radius 1 is 1.31 bits per heavy atom. The molecule has 1 aliphatic rings. The minimum Gasteiger partial charge on any atom is -0.492 e. The van der Waals surface area contributed by atoms with Crippen molar-refractivity contribution in [3.8, 4) is 5.88 Å². The Balaban J connectivity index is 1.60. The zero-order valence-corrected chi connectivity index (χ0v) is 21.4. The number of aromatic nitrogens is 1. The minimum atomic E-state index is -1.12. The van der Waals surface area contributed by atoms with Crippen LogP contribution in [0.3, 0.4) is 0 Å². The number of nitro groups is 1. The molecule has 0 fully saturated rings. The van der Waals surface area contributed by atoms with Crippen LogP contribution in [0, 0.1) is 15.5 Å². The molecule has 0 bridgehead atoms. The summed E-state index contributed by atoms with van der Waals surface area (Å²) in [6, 6.07) is 9.08. The number of nitro benzene ring substituents is 1. The van der Waals surface area contributed by atoms with Gasteiger partial charge in [0.25, 0.3) is 11.6 Å². The lowest BCUT2D eigenvalue weighted by molar-refractivity contribution is -0.385. The maximum atomic E-state index is 13.4. The van der Waals surface area contributed by atoms with Crippen LogP contribution in [-0.4, -0.2) is 68.1 Å². The predicted molar refractivity (Wildman–Crippen MR) is 144 cm³/mol. The molecule has 0 saturated carbocycles. The lowest BCUT2D eigenvalue weighted by atomic mass is 10.1. The van der Waals surface area contributed by atoms with Crippen LogP contribution in [-0.2, 0) is 11.2 Å². The second kappa shape index (κ2) is 11.4. The number of aliphatic hydroxyl groups is 2.